The van der Waals surface area contributed by atoms with Gasteiger partial charge in [0.15, 0.2) is 0 Å². The lowest BCUT2D eigenvalue weighted by Crippen LogP contribution is -1.99. The van der Waals surface area contributed by atoms with Crippen molar-refractivity contribution in [3.05, 3.63) is 77.0 Å². The van der Waals surface area contributed by atoms with Crippen molar-refractivity contribution < 1.29 is 0 Å². The van der Waals surface area contributed by atoms with Gasteiger partial charge in [-0.2, -0.15) is 0 Å². The van der Waals surface area contributed by atoms with Crippen LogP contribution in [-0.2, 0) is 19.3 Å². The summed E-state index contributed by atoms with van der Waals surface area (Å²) in [6.07, 6.45) is 4.62. The zero-order valence-corrected chi connectivity index (χ0v) is 12.5. The van der Waals surface area contributed by atoms with E-state index in [9.17, 15) is 0 Å². The van der Waals surface area contributed by atoms with Crippen LogP contribution in [0.2, 0.25) is 0 Å². The zero-order chi connectivity index (χ0) is 14.5. The number of benzene rings is 2. The highest BCUT2D eigenvalue weighted by Gasteiger charge is 2.29. The first-order valence-electron chi connectivity index (χ1n) is 8.10. The average molecular weight is 283 g/mol. The van der Waals surface area contributed by atoms with Gasteiger partial charge in [-0.3, -0.25) is 4.98 Å². The standard InChI is InChI=1S/C21H17N/c1-2-7-14(8-3-1)21-18-12-6-11-17(18)20-16-10-5-4-9-15(16)13-19(20)22-21/h1-5,7-10H,6,11-13H2. The molecule has 0 unspecified atom stereocenters. The van der Waals surface area contributed by atoms with E-state index in [1.165, 1.54) is 58.5 Å². The summed E-state index contributed by atoms with van der Waals surface area (Å²) in [5.41, 5.74) is 11.1. The Hall–Kier alpha value is -2.41. The van der Waals surface area contributed by atoms with E-state index in [1.807, 2.05) is 0 Å². The number of nitrogens with zero attached hydrogens (tertiary/aromatic N) is 1. The van der Waals surface area contributed by atoms with Crippen molar-refractivity contribution in [1.29, 1.82) is 0 Å². The second kappa shape index (κ2) is 4.54. The van der Waals surface area contributed by atoms with Gasteiger partial charge in [0.1, 0.15) is 0 Å². The molecule has 106 valence electrons. The third-order valence-electron chi connectivity index (χ3n) is 5.03. The van der Waals surface area contributed by atoms with E-state index in [0.717, 1.165) is 6.42 Å². The SMILES string of the molecule is c1ccc(-c2nc3c(c4c2CCC4)-c2ccccc2C3)cc1. The van der Waals surface area contributed by atoms with Crippen molar-refractivity contribution in [2.24, 2.45) is 0 Å². The number of rotatable bonds is 1. The van der Waals surface area contributed by atoms with Crippen LogP contribution in [0.25, 0.3) is 22.4 Å². The molecular formula is C21H17N. The third-order valence-corrected chi connectivity index (χ3v) is 5.03. The Balaban J connectivity index is 1.80. The summed E-state index contributed by atoms with van der Waals surface area (Å²) < 4.78 is 0. The van der Waals surface area contributed by atoms with Crippen LogP contribution in [0.15, 0.2) is 54.6 Å². The van der Waals surface area contributed by atoms with E-state index in [2.05, 4.69) is 54.6 Å². The third kappa shape index (κ3) is 1.62. The Morgan fingerprint density at radius 1 is 0.773 bits per heavy atom. The highest BCUT2D eigenvalue weighted by atomic mass is 14.7. The van der Waals surface area contributed by atoms with Crippen LogP contribution >= 0.6 is 0 Å². The number of pyridine rings is 1. The van der Waals surface area contributed by atoms with E-state index < -0.39 is 0 Å². The largest absolute Gasteiger partial charge is 0.252 e. The minimum Gasteiger partial charge on any atom is -0.252 e. The molecule has 0 spiro atoms. The van der Waals surface area contributed by atoms with Crippen LogP contribution in [0.4, 0.5) is 0 Å². The molecular weight excluding hydrogens is 266 g/mol. The monoisotopic (exact) mass is 283 g/mol. The molecule has 0 amide bonds. The first-order chi connectivity index (χ1) is 10.9. The number of aromatic nitrogens is 1. The molecule has 1 heteroatoms. The van der Waals surface area contributed by atoms with Gasteiger partial charge in [0.2, 0.25) is 0 Å². The predicted molar refractivity (Wildman–Crippen MR) is 89.9 cm³/mol. The van der Waals surface area contributed by atoms with Gasteiger partial charge >= 0.3 is 0 Å². The summed E-state index contributed by atoms with van der Waals surface area (Å²) in [7, 11) is 0. The Morgan fingerprint density at radius 3 is 2.45 bits per heavy atom. The van der Waals surface area contributed by atoms with Crippen molar-refractivity contribution in [1.82, 2.24) is 4.98 Å². The van der Waals surface area contributed by atoms with Gasteiger partial charge in [0, 0.05) is 17.5 Å². The van der Waals surface area contributed by atoms with Crippen molar-refractivity contribution in [3.8, 4) is 22.4 Å². The quantitative estimate of drug-likeness (QED) is 0.488. The molecule has 0 fully saturated rings. The van der Waals surface area contributed by atoms with E-state index in [-0.39, 0.29) is 0 Å². The van der Waals surface area contributed by atoms with Crippen LogP contribution in [0.3, 0.4) is 0 Å². The van der Waals surface area contributed by atoms with Gasteiger partial charge in [-0.15, -0.1) is 0 Å². The van der Waals surface area contributed by atoms with Crippen molar-refractivity contribution in [3.63, 3.8) is 0 Å². The zero-order valence-electron chi connectivity index (χ0n) is 12.5. The molecule has 1 nitrogen and oxygen atoms in total. The maximum atomic E-state index is 5.11. The summed E-state index contributed by atoms with van der Waals surface area (Å²) in [4.78, 5) is 5.11. The van der Waals surface area contributed by atoms with Crippen LogP contribution in [0.5, 0.6) is 0 Å². The van der Waals surface area contributed by atoms with Crippen LogP contribution < -0.4 is 0 Å². The number of hydrogen-bond donors (Lipinski definition) is 0. The summed E-state index contributed by atoms with van der Waals surface area (Å²) in [6, 6.07) is 19.5. The van der Waals surface area contributed by atoms with E-state index >= 15 is 0 Å². The van der Waals surface area contributed by atoms with Gasteiger partial charge in [0.25, 0.3) is 0 Å². The molecule has 5 rings (SSSR count). The lowest BCUT2D eigenvalue weighted by molar-refractivity contribution is 0.912. The molecule has 2 aliphatic carbocycles. The number of hydrogen-bond acceptors (Lipinski definition) is 1. The first kappa shape index (κ1) is 12.2. The average Bonchev–Trinajstić information content (AvgIpc) is 3.18. The molecule has 1 heterocycles. The maximum Gasteiger partial charge on any atom is 0.0740 e. The Kier molecular flexibility index (Phi) is 2.51. The fraction of sp³-hybridized carbons (Fsp3) is 0.190. The smallest absolute Gasteiger partial charge is 0.0740 e. The number of fused-ring (bicyclic) bond motifs is 5. The second-order valence-corrected chi connectivity index (χ2v) is 6.29. The molecule has 0 saturated heterocycles. The molecule has 0 radical (unpaired) electrons. The fourth-order valence-electron chi connectivity index (χ4n) is 4.09. The van der Waals surface area contributed by atoms with Gasteiger partial charge in [-0.05, 0) is 41.5 Å². The molecule has 0 bridgehead atoms. The first-order valence-corrected chi connectivity index (χ1v) is 8.10. The molecule has 2 aliphatic rings. The van der Waals surface area contributed by atoms with Crippen LogP contribution in [-0.4, -0.2) is 4.98 Å². The predicted octanol–water partition coefficient (Wildman–Crippen LogP) is 4.81. The van der Waals surface area contributed by atoms with Crippen molar-refractivity contribution >= 4 is 0 Å². The Bertz CT molecular complexity index is 878. The van der Waals surface area contributed by atoms with Gasteiger partial charge in [-0.25, -0.2) is 0 Å². The van der Waals surface area contributed by atoms with Gasteiger partial charge in [0.05, 0.1) is 11.4 Å². The molecule has 2 aromatic carbocycles. The lowest BCUT2D eigenvalue weighted by atomic mass is 9.95. The van der Waals surface area contributed by atoms with Crippen molar-refractivity contribution in [2.75, 3.05) is 0 Å². The lowest BCUT2D eigenvalue weighted by Gasteiger charge is -2.13. The van der Waals surface area contributed by atoms with Crippen molar-refractivity contribution in [2.45, 2.75) is 25.7 Å². The van der Waals surface area contributed by atoms with E-state index in [0.29, 0.717) is 0 Å². The molecule has 1 aromatic heterocycles. The molecule has 0 saturated carbocycles. The van der Waals surface area contributed by atoms with Gasteiger partial charge < -0.3 is 0 Å². The molecule has 0 atom stereocenters. The normalized spacial score (nSPS) is 14.5. The fourth-order valence-corrected chi connectivity index (χ4v) is 4.09. The molecule has 3 aromatic rings. The van der Waals surface area contributed by atoms with E-state index in [1.54, 1.807) is 5.56 Å². The molecule has 0 N–H and O–H groups in total. The summed E-state index contributed by atoms with van der Waals surface area (Å²) >= 11 is 0. The van der Waals surface area contributed by atoms with E-state index in [4.69, 9.17) is 4.98 Å². The maximum absolute atomic E-state index is 5.11. The van der Waals surface area contributed by atoms with Gasteiger partial charge in [-0.1, -0.05) is 54.6 Å². The Labute approximate surface area is 130 Å². The summed E-state index contributed by atoms with van der Waals surface area (Å²) in [6.45, 7) is 0. The summed E-state index contributed by atoms with van der Waals surface area (Å²) in [5, 5.41) is 0. The second-order valence-electron chi connectivity index (χ2n) is 6.29. The Morgan fingerprint density at radius 2 is 1.55 bits per heavy atom. The minimum atomic E-state index is 0.985. The summed E-state index contributed by atoms with van der Waals surface area (Å²) in [5.74, 6) is 0. The minimum absolute atomic E-state index is 0.985. The van der Waals surface area contributed by atoms with Crippen LogP contribution in [0.1, 0.15) is 28.8 Å². The highest BCUT2D eigenvalue weighted by Crippen LogP contribution is 2.44. The molecule has 22 heavy (non-hydrogen) atoms. The topological polar surface area (TPSA) is 12.9 Å². The highest BCUT2D eigenvalue weighted by molar-refractivity contribution is 5.83. The molecule has 0 aliphatic heterocycles. The van der Waals surface area contributed by atoms with Crippen LogP contribution in [0, 0.1) is 0 Å².